The van der Waals surface area contributed by atoms with Crippen LogP contribution in [0.3, 0.4) is 0 Å². The predicted octanol–water partition coefficient (Wildman–Crippen LogP) is 3.94. The molecular weight excluding hydrogens is 388 g/mol. The van der Waals surface area contributed by atoms with E-state index in [2.05, 4.69) is 5.32 Å². The topological polar surface area (TPSA) is 67.2 Å². The minimum absolute atomic E-state index is 0.0263. The lowest BCUT2D eigenvalue weighted by Gasteiger charge is -2.18. The minimum atomic E-state index is 0.0263. The third-order valence-corrected chi connectivity index (χ3v) is 5.87. The maximum atomic E-state index is 13.0. The smallest absolute Gasteiger partial charge is 0.246 e. The Balaban J connectivity index is 1.37. The number of hydrogen-bond acceptors (Lipinski definition) is 3. The monoisotopic (exact) mass is 418 g/mol. The molecule has 0 saturated heterocycles. The number of nitrogens with zero attached hydrogens (tertiary/aromatic N) is 3. The van der Waals surface area contributed by atoms with E-state index < -0.39 is 0 Å². The molecule has 4 rings (SSSR count). The Morgan fingerprint density at radius 3 is 2.55 bits per heavy atom. The number of hydrogen-bond donors (Lipinski definition) is 1. The SMILES string of the molecule is CN(C(=O)Cn1c(CCCCCNC(=O)C2CC2)nc2ccccc21)c1ccccc1. The summed E-state index contributed by atoms with van der Waals surface area (Å²) in [6, 6.07) is 17.7. The van der Waals surface area contributed by atoms with Crippen LogP contribution in [0.5, 0.6) is 0 Å². The molecule has 1 heterocycles. The molecule has 162 valence electrons. The van der Waals surface area contributed by atoms with Crippen molar-refractivity contribution in [2.45, 2.75) is 45.1 Å². The summed E-state index contributed by atoms with van der Waals surface area (Å²) in [5, 5.41) is 3.02. The van der Waals surface area contributed by atoms with E-state index in [4.69, 9.17) is 4.98 Å². The summed E-state index contributed by atoms with van der Waals surface area (Å²) in [7, 11) is 1.81. The van der Waals surface area contributed by atoms with Crippen molar-refractivity contribution in [2.24, 2.45) is 5.92 Å². The maximum absolute atomic E-state index is 13.0. The van der Waals surface area contributed by atoms with Crippen LogP contribution in [0, 0.1) is 5.92 Å². The van der Waals surface area contributed by atoms with E-state index in [0.29, 0.717) is 0 Å². The Morgan fingerprint density at radius 2 is 1.77 bits per heavy atom. The number of aryl methyl sites for hydroxylation is 1. The molecule has 1 aromatic heterocycles. The number of para-hydroxylation sites is 3. The number of amides is 2. The first kappa shape index (κ1) is 21.1. The van der Waals surface area contributed by atoms with E-state index >= 15 is 0 Å². The van der Waals surface area contributed by atoms with Gasteiger partial charge in [0.2, 0.25) is 11.8 Å². The molecule has 0 atom stereocenters. The van der Waals surface area contributed by atoms with Crippen molar-refractivity contribution in [1.82, 2.24) is 14.9 Å². The second kappa shape index (κ2) is 9.77. The van der Waals surface area contributed by atoms with E-state index in [1.54, 1.807) is 4.90 Å². The van der Waals surface area contributed by atoms with E-state index in [1.165, 1.54) is 0 Å². The number of carbonyl (C=O) groups is 2. The Kier molecular flexibility index (Phi) is 6.65. The third-order valence-electron chi connectivity index (χ3n) is 5.87. The quantitative estimate of drug-likeness (QED) is 0.507. The second-order valence-electron chi connectivity index (χ2n) is 8.27. The molecule has 6 heteroatoms. The van der Waals surface area contributed by atoms with Gasteiger partial charge in [-0.2, -0.15) is 0 Å². The third kappa shape index (κ3) is 5.32. The molecule has 31 heavy (non-hydrogen) atoms. The first-order valence-corrected chi connectivity index (χ1v) is 11.2. The van der Waals surface area contributed by atoms with Crippen LogP contribution in [-0.2, 0) is 22.6 Å². The highest BCUT2D eigenvalue weighted by Crippen LogP contribution is 2.28. The summed E-state index contributed by atoms with van der Waals surface area (Å²) in [6.07, 6.45) is 5.86. The number of anilines is 1. The molecule has 2 aromatic carbocycles. The molecule has 1 N–H and O–H groups in total. The standard InChI is InChI=1S/C25H30N4O2/c1-28(20-10-4-2-5-11-20)24(30)18-29-22-13-8-7-12-21(22)27-23(29)14-6-3-9-17-26-25(31)19-15-16-19/h2,4-5,7-8,10-13,19H,3,6,9,14-18H2,1H3,(H,26,31). The van der Waals surface area contributed by atoms with Crippen molar-refractivity contribution in [3.8, 4) is 0 Å². The van der Waals surface area contributed by atoms with Gasteiger partial charge in [-0.15, -0.1) is 0 Å². The first-order valence-electron chi connectivity index (χ1n) is 11.2. The number of unbranched alkanes of at least 4 members (excludes halogenated alkanes) is 2. The van der Waals surface area contributed by atoms with Gasteiger partial charge >= 0.3 is 0 Å². The number of benzene rings is 2. The summed E-state index contributed by atoms with van der Waals surface area (Å²) in [6.45, 7) is 1.00. The summed E-state index contributed by atoms with van der Waals surface area (Å²) >= 11 is 0. The molecule has 1 aliphatic rings. The molecule has 1 aliphatic carbocycles. The molecule has 0 unspecified atom stereocenters. The lowest BCUT2D eigenvalue weighted by atomic mass is 10.2. The molecule has 0 spiro atoms. The summed E-state index contributed by atoms with van der Waals surface area (Å²) in [5.41, 5.74) is 2.79. The van der Waals surface area contributed by atoms with Crippen molar-refractivity contribution < 1.29 is 9.59 Å². The Morgan fingerprint density at radius 1 is 1.03 bits per heavy atom. The van der Waals surface area contributed by atoms with Gasteiger partial charge in [0, 0.05) is 31.6 Å². The molecule has 3 aromatic rings. The lowest BCUT2D eigenvalue weighted by molar-refractivity contribution is -0.122. The molecule has 0 bridgehead atoms. The van der Waals surface area contributed by atoms with Gasteiger partial charge < -0.3 is 14.8 Å². The second-order valence-corrected chi connectivity index (χ2v) is 8.27. The summed E-state index contributed by atoms with van der Waals surface area (Å²) in [4.78, 5) is 31.2. The summed E-state index contributed by atoms with van der Waals surface area (Å²) in [5.74, 6) is 1.45. The molecule has 6 nitrogen and oxygen atoms in total. The zero-order valence-electron chi connectivity index (χ0n) is 18.1. The lowest BCUT2D eigenvalue weighted by Crippen LogP contribution is -2.30. The number of carbonyl (C=O) groups excluding carboxylic acids is 2. The van der Waals surface area contributed by atoms with Crippen LogP contribution in [0.4, 0.5) is 5.69 Å². The van der Waals surface area contributed by atoms with Gasteiger partial charge in [-0.05, 0) is 49.9 Å². The fourth-order valence-corrected chi connectivity index (χ4v) is 3.82. The summed E-state index contributed by atoms with van der Waals surface area (Å²) < 4.78 is 2.05. The zero-order valence-corrected chi connectivity index (χ0v) is 18.1. The highest BCUT2D eigenvalue weighted by Gasteiger charge is 2.28. The van der Waals surface area contributed by atoms with Gasteiger partial charge in [0.25, 0.3) is 0 Å². The Labute approximate surface area is 183 Å². The van der Waals surface area contributed by atoms with Gasteiger partial charge in [0.1, 0.15) is 12.4 Å². The number of fused-ring (bicyclic) bond motifs is 1. The van der Waals surface area contributed by atoms with Crippen molar-refractivity contribution in [2.75, 3.05) is 18.5 Å². The van der Waals surface area contributed by atoms with Crippen LogP contribution in [0.25, 0.3) is 11.0 Å². The van der Waals surface area contributed by atoms with Gasteiger partial charge in [-0.1, -0.05) is 36.8 Å². The van der Waals surface area contributed by atoms with Crippen LogP contribution in [0.1, 0.15) is 37.9 Å². The highest BCUT2D eigenvalue weighted by molar-refractivity contribution is 5.93. The fourth-order valence-electron chi connectivity index (χ4n) is 3.82. The van der Waals surface area contributed by atoms with Crippen molar-refractivity contribution in [1.29, 1.82) is 0 Å². The molecule has 0 radical (unpaired) electrons. The van der Waals surface area contributed by atoms with E-state index in [9.17, 15) is 9.59 Å². The minimum Gasteiger partial charge on any atom is -0.356 e. The van der Waals surface area contributed by atoms with E-state index in [0.717, 1.165) is 67.6 Å². The molecular formula is C25H30N4O2. The van der Waals surface area contributed by atoms with Crippen LogP contribution < -0.4 is 10.2 Å². The van der Waals surface area contributed by atoms with Crippen molar-refractivity contribution in [3.05, 3.63) is 60.4 Å². The normalized spacial score (nSPS) is 13.3. The average Bonchev–Trinajstić information content (AvgIpc) is 3.60. The average molecular weight is 419 g/mol. The fraction of sp³-hybridized carbons (Fsp3) is 0.400. The van der Waals surface area contributed by atoms with Crippen LogP contribution in [-0.4, -0.2) is 35.0 Å². The Hall–Kier alpha value is -3.15. The van der Waals surface area contributed by atoms with Crippen LogP contribution in [0.15, 0.2) is 54.6 Å². The van der Waals surface area contributed by atoms with Crippen molar-refractivity contribution in [3.63, 3.8) is 0 Å². The van der Waals surface area contributed by atoms with Crippen LogP contribution in [0.2, 0.25) is 0 Å². The largest absolute Gasteiger partial charge is 0.356 e. The number of likely N-dealkylation sites (N-methyl/N-ethyl adjacent to an activating group) is 1. The number of aromatic nitrogens is 2. The van der Waals surface area contributed by atoms with E-state index in [-0.39, 0.29) is 24.3 Å². The molecule has 0 aliphatic heterocycles. The van der Waals surface area contributed by atoms with E-state index in [1.807, 2.05) is 66.2 Å². The van der Waals surface area contributed by atoms with Gasteiger partial charge in [-0.25, -0.2) is 4.98 Å². The number of nitrogens with one attached hydrogen (secondary N) is 1. The molecule has 1 saturated carbocycles. The highest BCUT2D eigenvalue weighted by atomic mass is 16.2. The van der Waals surface area contributed by atoms with Gasteiger partial charge in [0.15, 0.2) is 0 Å². The number of rotatable bonds is 10. The van der Waals surface area contributed by atoms with Gasteiger partial charge in [0.05, 0.1) is 11.0 Å². The molecule has 2 amide bonds. The first-order chi connectivity index (χ1) is 15.1. The zero-order chi connectivity index (χ0) is 21.6. The Bertz CT molecular complexity index is 1040. The van der Waals surface area contributed by atoms with Crippen molar-refractivity contribution >= 4 is 28.5 Å². The maximum Gasteiger partial charge on any atom is 0.246 e. The number of imidazole rings is 1. The predicted molar refractivity (Wildman–Crippen MR) is 123 cm³/mol. The van der Waals surface area contributed by atoms with Crippen LogP contribution >= 0.6 is 0 Å². The molecule has 1 fully saturated rings. The van der Waals surface area contributed by atoms with Gasteiger partial charge in [-0.3, -0.25) is 9.59 Å².